The van der Waals surface area contributed by atoms with Gasteiger partial charge in [0.25, 0.3) is 0 Å². The second-order valence-corrected chi connectivity index (χ2v) is 7.10. The Bertz CT molecular complexity index is 341. The number of hydrogen-bond acceptors (Lipinski definition) is 4. The summed E-state index contributed by atoms with van der Waals surface area (Å²) in [4.78, 5) is 0. The van der Waals surface area contributed by atoms with Crippen molar-refractivity contribution in [2.24, 2.45) is 5.92 Å². The highest BCUT2D eigenvalue weighted by Gasteiger charge is 2.31. The van der Waals surface area contributed by atoms with Crippen LogP contribution in [0.3, 0.4) is 0 Å². The van der Waals surface area contributed by atoms with Gasteiger partial charge >= 0.3 is 0 Å². The molecule has 1 saturated carbocycles. The average Bonchev–Trinajstić information content (AvgIpc) is 2.96. The van der Waals surface area contributed by atoms with Crippen molar-refractivity contribution in [2.45, 2.75) is 25.3 Å². The molecule has 1 unspecified atom stereocenters. The van der Waals surface area contributed by atoms with E-state index in [1.807, 2.05) is 0 Å². The van der Waals surface area contributed by atoms with Crippen LogP contribution in [-0.2, 0) is 14.8 Å². The summed E-state index contributed by atoms with van der Waals surface area (Å²) in [6, 6.07) is 0.574. The van der Waals surface area contributed by atoms with E-state index in [2.05, 4.69) is 5.32 Å². The van der Waals surface area contributed by atoms with Gasteiger partial charge in [-0.2, -0.15) is 0 Å². The molecule has 100 valence electrons. The van der Waals surface area contributed by atoms with Crippen LogP contribution in [0.2, 0.25) is 0 Å². The molecule has 0 radical (unpaired) electrons. The van der Waals surface area contributed by atoms with Crippen molar-refractivity contribution in [3.05, 3.63) is 0 Å². The summed E-state index contributed by atoms with van der Waals surface area (Å²) in [6.07, 6.45) is 3.31. The molecular formula is C11H22N2O3S. The minimum atomic E-state index is -3.06. The lowest BCUT2D eigenvalue weighted by atomic mass is 10.1. The smallest absolute Gasteiger partial charge is 0.215 e. The van der Waals surface area contributed by atoms with Crippen molar-refractivity contribution in [3.63, 3.8) is 0 Å². The van der Waals surface area contributed by atoms with Crippen LogP contribution in [0.1, 0.15) is 19.3 Å². The summed E-state index contributed by atoms with van der Waals surface area (Å²) in [6.45, 7) is 2.52. The molecule has 0 amide bonds. The number of ether oxygens (including phenoxy) is 1. The van der Waals surface area contributed by atoms with Crippen molar-refractivity contribution >= 4 is 10.0 Å². The molecule has 0 bridgehead atoms. The SMILES string of the molecule is COCC1CCN(S(=O)(=O)CCNC2CC2)C1. The molecule has 17 heavy (non-hydrogen) atoms. The van der Waals surface area contributed by atoms with E-state index >= 15 is 0 Å². The maximum atomic E-state index is 12.0. The van der Waals surface area contributed by atoms with Gasteiger partial charge in [0, 0.05) is 32.8 Å². The number of sulfonamides is 1. The molecule has 2 aliphatic rings. The summed E-state index contributed by atoms with van der Waals surface area (Å²) < 4.78 is 30.7. The van der Waals surface area contributed by atoms with Crippen molar-refractivity contribution in [2.75, 3.05) is 39.1 Å². The first-order valence-electron chi connectivity index (χ1n) is 6.32. The summed E-state index contributed by atoms with van der Waals surface area (Å²) in [5.41, 5.74) is 0. The zero-order valence-electron chi connectivity index (χ0n) is 10.4. The lowest BCUT2D eigenvalue weighted by molar-refractivity contribution is 0.157. The molecule has 1 aliphatic heterocycles. The van der Waals surface area contributed by atoms with Crippen LogP contribution in [-0.4, -0.2) is 57.9 Å². The van der Waals surface area contributed by atoms with Gasteiger partial charge in [0.2, 0.25) is 10.0 Å². The molecule has 1 atom stereocenters. The predicted octanol–water partition coefficient (Wildman–Crippen LogP) is 0.0365. The first kappa shape index (κ1) is 13.3. The van der Waals surface area contributed by atoms with E-state index in [0.717, 1.165) is 6.42 Å². The normalized spacial score (nSPS) is 26.5. The summed E-state index contributed by atoms with van der Waals surface area (Å²) in [5.74, 6) is 0.592. The van der Waals surface area contributed by atoms with E-state index in [1.54, 1.807) is 11.4 Å². The van der Waals surface area contributed by atoms with Gasteiger partial charge in [-0.15, -0.1) is 0 Å². The largest absolute Gasteiger partial charge is 0.384 e. The van der Waals surface area contributed by atoms with Crippen LogP contribution in [0.25, 0.3) is 0 Å². The maximum Gasteiger partial charge on any atom is 0.215 e. The fraction of sp³-hybridized carbons (Fsp3) is 1.00. The molecule has 1 aliphatic carbocycles. The molecule has 0 spiro atoms. The lowest BCUT2D eigenvalue weighted by Gasteiger charge is -2.16. The van der Waals surface area contributed by atoms with Crippen molar-refractivity contribution in [1.82, 2.24) is 9.62 Å². The molecule has 1 saturated heterocycles. The molecule has 0 aromatic carbocycles. The summed E-state index contributed by atoms with van der Waals surface area (Å²) in [7, 11) is -1.40. The van der Waals surface area contributed by atoms with E-state index < -0.39 is 10.0 Å². The highest BCUT2D eigenvalue weighted by Crippen LogP contribution is 2.20. The molecule has 5 nitrogen and oxygen atoms in total. The first-order chi connectivity index (χ1) is 8.12. The van der Waals surface area contributed by atoms with Gasteiger partial charge in [0.1, 0.15) is 0 Å². The first-order valence-corrected chi connectivity index (χ1v) is 7.93. The fourth-order valence-corrected chi connectivity index (χ4v) is 3.69. The van der Waals surface area contributed by atoms with Gasteiger partial charge < -0.3 is 10.1 Å². The molecule has 1 heterocycles. The van der Waals surface area contributed by atoms with Gasteiger partial charge in [-0.25, -0.2) is 12.7 Å². The second-order valence-electron chi connectivity index (χ2n) is 5.01. The summed E-state index contributed by atoms with van der Waals surface area (Å²) >= 11 is 0. The van der Waals surface area contributed by atoms with Crippen LogP contribution in [0.5, 0.6) is 0 Å². The number of hydrogen-bond donors (Lipinski definition) is 1. The Kier molecular flexibility index (Phi) is 4.41. The Morgan fingerprint density at radius 1 is 1.35 bits per heavy atom. The Hall–Kier alpha value is -0.170. The highest BCUT2D eigenvalue weighted by atomic mass is 32.2. The Morgan fingerprint density at radius 2 is 2.12 bits per heavy atom. The number of rotatable bonds is 7. The van der Waals surface area contributed by atoms with E-state index in [4.69, 9.17) is 4.74 Å². The monoisotopic (exact) mass is 262 g/mol. The van der Waals surface area contributed by atoms with Gasteiger partial charge in [0.15, 0.2) is 0 Å². The van der Waals surface area contributed by atoms with Gasteiger partial charge in [-0.05, 0) is 25.2 Å². The molecule has 0 aromatic rings. The minimum Gasteiger partial charge on any atom is -0.384 e. The highest BCUT2D eigenvalue weighted by molar-refractivity contribution is 7.89. The van der Waals surface area contributed by atoms with Crippen LogP contribution in [0, 0.1) is 5.92 Å². The number of methoxy groups -OCH3 is 1. The number of nitrogens with zero attached hydrogens (tertiary/aromatic N) is 1. The predicted molar refractivity (Wildman–Crippen MR) is 66.4 cm³/mol. The lowest BCUT2D eigenvalue weighted by Crippen LogP contribution is -2.35. The Morgan fingerprint density at radius 3 is 2.76 bits per heavy atom. The van der Waals surface area contributed by atoms with Gasteiger partial charge in [-0.3, -0.25) is 0 Å². The van der Waals surface area contributed by atoms with E-state index in [-0.39, 0.29) is 5.75 Å². The Balaban J connectivity index is 1.75. The van der Waals surface area contributed by atoms with Crippen LogP contribution >= 0.6 is 0 Å². The second kappa shape index (κ2) is 5.65. The zero-order chi connectivity index (χ0) is 12.3. The molecular weight excluding hydrogens is 240 g/mol. The van der Waals surface area contributed by atoms with Gasteiger partial charge in [-0.1, -0.05) is 0 Å². The third-order valence-corrected chi connectivity index (χ3v) is 5.25. The van der Waals surface area contributed by atoms with Crippen molar-refractivity contribution in [1.29, 1.82) is 0 Å². The topological polar surface area (TPSA) is 58.6 Å². The molecule has 6 heteroatoms. The van der Waals surface area contributed by atoms with Crippen LogP contribution < -0.4 is 5.32 Å². The minimum absolute atomic E-state index is 0.225. The third kappa shape index (κ3) is 3.91. The quantitative estimate of drug-likeness (QED) is 0.703. The molecule has 2 fully saturated rings. The zero-order valence-corrected chi connectivity index (χ0v) is 11.2. The van der Waals surface area contributed by atoms with E-state index in [9.17, 15) is 8.42 Å². The van der Waals surface area contributed by atoms with Crippen LogP contribution in [0.4, 0.5) is 0 Å². The number of nitrogens with one attached hydrogen (secondary N) is 1. The third-order valence-electron chi connectivity index (χ3n) is 3.41. The average molecular weight is 262 g/mol. The molecule has 0 aromatic heterocycles. The van der Waals surface area contributed by atoms with E-state index in [1.165, 1.54) is 12.8 Å². The Labute approximate surface area is 104 Å². The molecule has 2 rings (SSSR count). The standard InChI is InChI=1S/C11H22N2O3S/c1-16-9-10-4-6-13(8-10)17(14,15)7-5-12-11-2-3-11/h10-12H,2-9H2,1H3. The van der Waals surface area contributed by atoms with E-state index in [0.29, 0.717) is 38.2 Å². The van der Waals surface area contributed by atoms with Crippen LogP contribution in [0.15, 0.2) is 0 Å². The van der Waals surface area contributed by atoms with Crippen molar-refractivity contribution < 1.29 is 13.2 Å². The summed E-state index contributed by atoms with van der Waals surface area (Å²) in [5, 5.41) is 3.24. The molecule has 1 N–H and O–H groups in total. The van der Waals surface area contributed by atoms with Gasteiger partial charge in [0.05, 0.1) is 12.4 Å². The van der Waals surface area contributed by atoms with Crippen molar-refractivity contribution in [3.8, 4) is 0 Å². The fourth-order valence-electron chi connectivity index (χ4n) is 2.23. The maximum absolute atomic E-state index is 12.0.